The third-order valence-electron chi connectivity index (χ3n) is 2.55. The van der Waals surface area contributed by atoms with Crippen LogP contribution in [-0.4, -0.2) is 53.3 Å². The highest BCUT2D eigenvalue weighted by Gasteiger charge is 2.38. The van der Waals surface area contributed by atoms with Gasteiger partial charge in [-0.3, -0.25) is 14.6 Å². The molecule has 0 radical (unpaired) electrons. The Balaban J connectivity index is 1.58. The summed E-state index contributed by atoms with van der Waals surface area (Å²) in [4.78, 5) is 27.8. The Labute approximate surface area is 102 Å². The van der Waals surface area contributed by atoms with Crippen molar-refractivity contribution in [3.05, 3.63) is 0 Å². The number of nitrogens with zero attached hydrogens (tertiary/aromatic N) is 3. The zero-order valence-electron chi connectivity index (χ0n) is 9.94. The van der Waals surface area contributed by atoms with Crippen molar-refractivity contribution in [1.29, 1.82) is 0 Å². The summed E-state index contributed by atoms with van der Waals surface area (Å²) in [6.07, 6.45) is 0.330. The predicted octanol–water partition coefficient (Wildman–Crippen LogP) is -1.08. The van der Waals surface area contributed by atoms with Crippen LogP contribution in [0.25, 0.3) is 0 Å². The van der Waals surface area contributed by atoms with Gasteiger partial charge in [-0.15, -0.1) is 0 Å². The number of carbonyl (C=O) groups is 2. The maximum absolute atomic E-state index is 10.8. The van der Waals surface area contributed by atoms with Gasteiger partial charge in [-0.25, -0.2) is 0 Å². The molecule has 2 heterocycles. The maximum Gasteiger partial charge on any atom is 0.310 e. The zero-order valence-corrected chi connectivity index (χ0v) is 9.94. The number of carboxylic acids is 1. The van der Waals surface area contributed by atoms with Gasteiger partial charge in [-0.05, 0) is 0 Å². The molecule has 102 valence electrons. The van der Waals surface area contributed by atoms with E-state index >= 15 is 0 Å². The third-order valence-corrected chi connectivity index (χ3v) is 2.55. The number of hydrogen-bond acceptors (Lipinski definition) is 6. The van der Waals surface area contributed by atoms with E-state index in [0.29, 0.717) is 19.5 Å². The Morgan fingerprint density at radius 3 is 2.72 bits per heavy atom. The molecular weight excluding hydrogens is 246 g/mol. The van der Waals surface area contributed by atoms with Gasteiger partial charge in [-0.1, -0.05) is 6.92 Å². The molecule has 9 nitrogen and oxygen atoms in total. The molecule has 1 aromatic rings. The lowest BCUT2D eigenvalue weighted by molar-refractivity contribution is -0.145. The average Bonchev–Trinajstić information content (AvgIpc) is 3.01. The first-order valence-corrected chi connectivity index (χ1v) is 5.66. The van der Waals surface area contributed by atoms with Crippen molar-refractivity contribution in [2.24, 2.45) is 5.92 Å². The standard InChI is InChI=1S/C9H15N3O6/c1-2-8(13)16-3-4-17-12-11(18-12)10-5-7(6-10)9(14)15/h7H,2-6H2,1H3,(H,14,15). The SMILES string of the molecule is CCC(=O)OCCOn1on1N1CC(C(=O)O)C1. The minimum absolute atomic E-state index is 0.151. The number of carbonyl (C=O) groups excluding carboxylic acids is 1. The minimum atomic E-state index is -0.813. The molecule has 1 fully saturated rings. The summed E-state index contributed by atoms with van der Waals surface area (Å²) in [5, 5.41) is 11.5. The highest BCUT2D eigenvalue weighted by molar-refractivity contribution is 5.72. The lowest BCUT2D eigenvalue weighted by Gasteiger charge is -2.32. The second kappa shape index (κ2) is 5.07. The normalized spacial score (nSPS) is 15.5. The van der Waals surface area contributed by atoms with E-state index < -0.39 is 5.97 Å². The van der Waals surface area contributed by atoms with Gasteiger partial charge in [0.2, 0.25) is 0 Å². The number of rotatable bonds is 7. The van der Waals surface area contributed by atoms with Crippen LogP contribution < -0.4 is 9.85 Å². The van der Waals surface area contributed by atoms with E-state index in [4.69, 9.17) is 19.3 Å². The summed E-state index contributed by atoms with van der Waals surface area (Å²) in [6, 6.07) is 0. The van der Waals surface area contributed by atoms with Crippen LogP contribution >= 0.6 is 0 Å². The summed E-state index contributed by atoms with van der Waals surface area (Å²) < 4.78 is 9.72. The summed E-state index contributed by atoms with van der Waals surface area (Å²) in [7, 11) is 0. The van der Waals surface area contributed by atoms with E-state index in [0.717, 1.165) is 5.02 Å². The molecule has 2 rings (SSSR count). The maximum atomic E-state index is 10.8. The van der Waals surface area contributed by atoms with Crippen molar-refractivity contribution in [2.45, 2.75) is 13.3 Å². The lowest BCUT2D eigenvalue weighted by atomic mass is 10.0. The third kappa shape index (κ3) is 2.79. The fourth-order valence-electron chi connectivity index (χ4n) is 1.40. The highest BCUT2D eigenvalue weighted by atomic mass is 17.0. The quantitative estimate of drug-likeness (QED) is 0.492. The molecule has 1 aliphatic heterocycles. The first kappa shape index (κ1) is 12.4. The van der Waals surface area contributed by atoms with E-state index in [-0.39, 0.29) is 25.1 Å². The molecule has 0 saturated carbocycles. The molecule has 1 N–H and O–H groups in total. The number of carboxylic acid groups (broad SMARTS) is 1. The fourth-order valence-corrected chi connectivity index (χ4v) is 1.40. The van der Waals surface area contributed by atoms with Crippen LogP contribution in [0.1, 0.15) is 13.3 Å². The van der Waals surface area contributed by atoms with Gasteiger partial charge in [0.25, 0.3) is 0 Å². The van der Waals surface area contributed by atoms with Gasteiger partial charge >= 0.3 is 11.9 Å². The summed E-state index contributed by atoms with van der Waals surface area (Å²) >= 11 is 0. The smallest absolute Gasteiger partial charge is 0.310 e. The Bertz CT molecular complexity index is 413. The van der Waals surface area contributed by atoms with Crippen molar-refractivity contribution in [1.82, 2.24) is 9.98 Å². The molecule has 0 aromatic carbocycles. The van der Waals surface area contributed by atoms with E-state index in [9.17, 15) is 9.59 Å². The van der Waals surface area contributed by atoms with E-state index in [1.807, 2.05) is 0 Å². The largest absolute Gasteiger partial charge is 0.481 e. The Kier molecular flexibility index (Phi) is 3.49. The van der Waals surface area contributed by atoms with Crippen LogP contribution in [0, 0.1) is 5.92 Å². The van der Waals surface area contributed by atoms with Crippen molar-refractivity contribution < 1.29 is 28.9 Å². The van der Waals surface area contributed by atoms with E-state index in [1.165, 1.54) is 4.96 Å². The number of ether oxygens (including phenoxy) is 1. The van der Waals surface area contributed by atoms with Gasteiger partial charge in [0.1, 0.15) is 11.6 Å². The number of aromatic nitrogens is 2. The van der Waals surface area contributed by atoms with Crippen LogP contribution in [-0.2, 0) is 14.3 Å². The molecule has 9 heteroatoms. The monoisotopic (exact) mass is 261 g/mol. The summed E-state index contributed by atoms with van der Waals surface area (Å²) in [6.45, 7) is 2.82. The first-order valence-electron chi connectivity index (χ1n) is 5.66. The lowest BCUT2D eigenvalue weighted by Crippen LogP contribution is -2.55. The summed E-state index contributed by atoms with van der Waals surface area (Å²) in [5.41, 5.74) is 0. The molecule has 0 spiro atoms. The molecule has 18 heavy (non-hydrogen) atoms. The first-order chi connectivity index (χ1) is 8.61. The molecular formula is C9H15N3O6. The zero-order chi connectivity index (χ0) is 13.1. The van der Waals surface area contributed by atoms with Crippen LogP contribution in [0.4, 0.5) is 0 Å². The van der Waals surface area contributed by atoms with Crippen LogP contribution in [0.15, 0.2) is 4.63 Å². The number of hydrogen-bond donors (Lipinski definition) is 1. The van der Waals surface area contributed by atoms with Gasteiger partial charge in [-0.2, -0.15) is 4.63 Å². The molecule has 0 aliphatic carbocycles. The van der Waals surface area contributed by atoms with Gasteiger partial charge in [0, 0.05) is 11.4 Å². The Hall–Kier alpha value is -2.06. The molecule has 0 atom stereocenters. The van der Waals surface area contributed by atoms with E-state index in [2.05, 4.69) is 0 Å². The number of esters is 1. The van der Waals surface area contributed by atoms with Crippen molar-refractivity contribution in [3.8, 4) is 0 Å². The van der Waals surface area contributed by atoms with Crippen LogP contribution in [0.2, 0.25) is 0 Å². The minimum Gasteiger partial charge on any atom is -0.481 e. The topological polar surface area (TPSA) is 99.1 Å². The molecule has 0 amide bonds. The fraction of sp³-hybridized carbons (Fsp3) is 0.778. The number of aliphatic carboxylic acids is 1. The van der Waals surface area contributed by atoms with Gasteiger partial charge < -0.3 is 14.7 Å². The van der Waals surface area contributed by atoms with Gasteiger partial charge in [0.15, 0.2) is 6.61 Å². The van der Waals surface area contributed by atoms with Crippen molar-refractivity contribution in [3.63, 3.8) is 0 Å². The average molecular weight is 261 g/mol. The molecule has 1 aliphatic rings. The molecule has 1 aromatic heterocycles. The Morgan fingerprint density at radius 1 is 1.39 bits per heavy atom. The summed E-state index contributed by atoms with van der Waals surface area (Å²) in [5.74, 6) is -1.46. The molecule has 0 unspecified atom stereocenters. The predicted molar refractivity (Wildman–Crippen MR) is 56.5 cm³/mol. The van der Waals surface area contributed by atoms with Crippen molar-refractivity contribution in [2.75, 3.05) is 31.3 Å². The van der Waals surface area contributed by atoms with Crippen molar-refractivity contribution >= 4 is 11.9 Å². The van der Waals surface area contributed by atoms with Crippen LogP contribution in [0.5, 0.6) is 0 Å². The second-order valence-electron chi connectivity index (χ2n) is 3.89. The van der Waals surface area contributed by atoms with E-state index in [1.54, 1.807) is 11.9 Å². The second-order valence-corrected chi connectivity index (χ2v) is 3.89. The van der Waals surface area contributed by atoms with Gasteiger partial charge in [0.05, 0.1) is 19.0 Å². The highest BCUT2D eigenvalue weighted by Crippen LogP contribution is 2.15. The van der Waals surface area contributed by atoms with Crippen LogP contribution in [0.3, 0.4) is 0 Å². The molecule has 0 bridgehead atoms. The molecule has 1 saturated heterocycles. The Morgan fingerprint density at radius 2 is 2.11 bits per heavy atom.